The molecule has 1 atom stereocenters. The van der Waals surface area contributed by atoms with Crippen LogP contribution in [-0.4, -0.2) is 60.3 Å². The fourth-order valence-electron chi connectivity index (χ4n) is 3.44. The molecule has 0 amide bonds. The summed E-state index contributed by atoms with van der Waals surface area (Å²) < 4.78 is 0. The minimum Gasteiger partial charge on any atom is -0.411 e. The van der Waals surface area contributed by atoms with Crippen LogP contribution in [0, 0.1) is 0 Å². The summed E-state index contributed by atoms with van der Waals surface area (Å²) in [5.74, 6) is 0. The van der Waals surface area contributed by atoms with E-state index in [0.29, 0.717) is 18.0 Å². The molecule has 7 heteroatoms. The molecule has 144 valence electrons. The Kier molecular flexibility index (Phi) is 6.96. The van der Waals surface area contributed by atoms with Gasteiger partial charge in [-0.15, -0.1) is 0 Å². The van der Waals surface area contributed by atoms with Crippen LogP contribution in [0.15, 0.2) is 47.6 Å². The van der Waals surface area contributed by atoms with E-state index in [9.17, 15) is 5.11 Å². The van der Waals surface area contributed by atoms with Crippen LogP contribution in [0.25, 0.3) is 0 Å². The molecule has 1 unspecified atom stereocenters. The van der Waals surface area contributed by atoms with Gasteiger partial charge in [0, 0.05) is 44.2 Å². The Balaban J connectivity index is 1.55. The largest absolute Gasteiger partial charge is 0.411 e. The van der Waals surface area contributed by atoms with E-state index in [1.165, 1.54) is 6.21 Å². The predicted octanol–water partition coefficient (Wildman–Crippen LogP) is 3.53. The van der Waals surface area contributed by atoms with E-state index >= 15 is 0 Å². The highest BCUT2D eigenvalue weighted by molar-refractivity contribution is 6.33. The van der Waals surface area contributed by atoms with Gasteiger partial charge in [0.25, 0.3) is 0 Å². The monoisotopic (exact) mass is 407 g/mol. The molecule has 0 spiro atoms. The maximum atomic E-state index is 10.5. The Bertz CT molecular complexity index is 793. The van der Waals surface area contributed by atoms with Crippen LogP contribution in [0.2, 0.25) is 10.0 Å². The maximum absolute atomic E-state index is 10.5. The highest BCUT2D eigenvalue weighted by atomic mass is 35.5. The number of rotatable bonds is 6. The number of hydrogen-bond donors (Lipinski definition) is 2. The molecule has 0 bridgehead atoms. The predicted molar refractivity (Wildman–Crippen MR) is 111 cm³/mol. The summed E-state index contributed by atoms with van der Waals surface area (Å²) >= 11 is 12.4. The van der Waals surface area contributed by atoms with Crippen LogP contribution in [0.1, 0.15) is 11.1 Å². The number of oxime groups is 1. The minimum atomic E-state index is -0.527. The topological polar surface area (TPSA) is 59.3 Å². The number of nitrogens with zero attached hydrogens (tertiary/aromatic N) is 3. The van der Waals surface area contributed by atoms with E-state index in [1.807, 2.05) is 24.3 Å². The van der Waals surface area contributed by atoms with Crippen LogP contribution in [0.5, 0.6) is 0 Å². The van der Waals surface area contributed by atoms with Crippen molar-refractivity contribution < 1.29 is 10.3 Å². The number of benzene rings is 2. The van der Waals surface area contributed by atoms with Gasteiger partial charge in [0.1, 0.15) is 0 Å². The molecule has 2 aromatic rings. The molecule has 1 aliphatic rings. The van der Waals surface area contributed by atoms with Crippen molar-refractivity contribution in [3.63, 3.8) is 0 Å². The number of piperazine rings is 1. The second-order valence-electron chi connectivity index (χ2n) is 6.68. The first kappa shape index (κ1) is 20.0. The third-order valence-corrected chi connectivity index (χ3v) is 5.35. The zero-order valence-corrected chi connectivity index (χ0v) is 16.4. The second kappa shape index (κ2) is 9.42. The van der Waals surface area contributed by atoms with Crippen LogP contribution in [0.3, 0.4) is 0 Å². The summed E-state index contributed by atoms with van der Waals surface area (Å²) in [5, 5.41) is 23.8. The van der Waals surface area contributed by atoms with E-state index in [1.54, 1.807) is 18.2 Å². The first-order valence-corrected chi connectivity index (χ1v) is 9.68. The maximum Gasteiger partial charge on any atom is 0.0736 e. The summed E-state index contributed by atoms with van der Waals surface area (Å²) in [7, 11) is 0. The lowest BCUT2D eigenvalue weighted by Crippen LogP contribution is -2.49. The van der Waals surface area contributed by atoms with Gasteiger partial charge < -0.3 is 15.2 Å². The molecule has 0 saturated carbocycles. The molecule has 1 heterocycles. The number of anilines is 1. The standard InChI is InChI=1S/C20H23Cl2N3O2/c21-17-6-5-15(13-23-27)16(11-17)12-18(26)14-24-7-9-25(10-8-24)20-4-2-1-3-19(20)22/h1-6,11,13,18,26-27H,7-10,12,14H2. The number of β-amino-alcohol motifs (C(OH)–C–C–N with tert-alkyl or cyclic N) is 1. The third kappa shape index (κ3) is 5.36. The summed E-state index contributed by atoms with van der Waals surface area (Å²) in [5.41, 5.74) is 2.68. The van der Waals surface area contributed by atoms with Crippen molar-refractivity contribution in [1.82, 2.24) is 4.90 Å². The molecule has 27 heavy (non-hydrogen) atoms. The van der Waals surface area contributed by atoms with Crippen LogP contribution in [0.4, 0.5) is 5.69 Å². The van der Waals surface area contributed by atoms with Gasteiger partial charge in [-0.1, -0.05) is 46.6 Å². The Hall–Kier alpha value is -1.79. The van der Waals surface area contributed by atoms with E-state index in [-0.39, 0.29) is 0 Å². The van der Waals surface area contributed by atoms with Crippen LogP contribution >= 0.6 is 23.2 Å². The quantitative estimate of drug-likeness (QED) is 0.436. The molecule has 0 aromatic heterocycles. The molecule has 0 aliphatic carbocycles. The van der Waals surface area contributed by atoms with Crippen molar-refractivity contribution in [1.29, 1.82) is 0 Å². The van der Waals surface area contributed by atoms with E-state index in [4.69, 9.17) is 28.4 Å². The lowest BCUT2D eigenvalue weighted by Gasteiger charge is -2.37. The zero-order valence-electron chi connectivity index (χ0n) is 14.9. The first-order chi connectivity index (χ1) is 13.1. The van der Waals surface area contributed by atoms with Crippen molar-refractivity contribution >= 4 is 35.1 Å². The molecule has 0 radical (unpaired) electrons. The molecule has 2 N–H and O–H groups in total. The molecular formula is C20H23Cl2N3O2. The minimum absolute atomic E-state index is 0.451. The van der Waals surface area contributed by atoms with Crippen molar-refractivity contribution in [3.8, 4) is 0 Å². The Morgan fingerprint density at radius 2 is 1.81 bits per heavy atom. The van der Waals surface area contributed by atoms with Gasteiger partial charge in [0.15, 0.2) is 0 Å². The zero-order chi connectivity index (χ0) is 19.2. The van der Waals surface area contributed by atoms with Gasteiger partial charge in [-0.2, -0.15) is 0 Å². The average molecular weight is 408 g/mol. The van der Waals surface area contributed by atoms with Crippen molar-refractivity contribution in [2.24, 2.45) is 5.16 Å². The molecule has 1 aliphatic heterocycles. The molecule has 3 rings (SSSR count). The fraction of sp³-hybridized carbons (Fsp3) is 0.350. The number of aliphatic hydroxyl groups is 1. The number of aliphatic hydroxyl groups excluding tert-OH is 1. The molecule has 1 fully saturated rings. The summed E-state index contributed by atoms with van der Waals surface area (Å²) in [6.45, 7) is 4.05. The lowest BCUT2D eigenvalue weighted by atomic mass is 10.0. The average Bonchev–Trinajstić information content (AvgIpc) is 2.65. The SMILES string of the molecule is ON=Cc1ccc(Cl)cc1CC(O)CN1CCN(c2ccccc2Cl)CC1. The Labute approximate surface area is 169 Å². The second-order valence-corrected chi connectivity index (χ2v) is 7.53. The number of halogens is 2. The molecule has 1 saturated heterocycles. The normalized spacial score (nSPS) is 16.8. The molecule has 5 nitrogen and oxygen atoms in total. The lowest BCUT2D eigenvalue weighted by molar-refractivity contribution is 0.109. The van der Waals surface area contributed by atoms with Gasteiger partial charge in [0.2, 0.25) is 0 Å². The number of para-hydroxylation sites is 1. The Morgan fingerprint density at radius 1 is 1.07 bits per heavy atom. The van der Waals surface area contributed by atoms with E-state index in [0.717, 1.165) is 48.0 Å². The van der Waals surface area contributed by atoms with E-state index < -0.39 is 6.10 Å². The van der Waals surface area contributed by atoms with Crippen molar-refractivity contribution in [2.75, 3.05) is 37.6 Å². The summed E-state index contributed by atoms with van der Waals surface area (Å²) in [4.78, 5) is 4.53. The van der Waals surface area contributed by atoms with Gasteiger partial charge >= 0.3 is 0 Å². The highest BCUT2D eigenvalue weighted by Gasteiger charge is 2.21. The van der Waals surface area contributed by atoms with Crippen molar-refractivity contribution in [2.45, 2.75) is 12.5 Å². The van der Waals surface area contributed by atoms with Crippen LogP contribution in [-0.2, 0) is 6.42 Å². The summed E-state index contributed by atoms with van der Waals surface area (Å²) in [6, 6.07) is 13.2. The Morgan fingerprint density at radius 3 is 2.52 bits per heavy atom. The van der Waals surface area contributed by atoms with Gasteiger partial charge in [-0.05, 0) is 35.4 Å². The number of hydrogen-bond acceptors (Lipinski definition) is 5. The molecular weight excluding hydrogens is 385 g/mol. The highest BCUT2D eigenvalue weighted by Crippen LogP contribution is 2.26. The summed E-state index contributed by atoms with van der Waals surface area (Å²) in [6.07, 6.45) is 1.29. The van der Waals surface area contributed by atoms with Crippen molar-refractivity contribution in [3.05, 3.63) is 63.6 Å². The fourth-order valence-corrected chi connectivity index (χ4v) is 3.89. The smallest absolute Gasteiger partial charge is 0.0736 e. The van der Waals surface area contributed by atoms with Gasteiger partial charge in [0.05, 0.1) is 23.0 Å². The van der Waals surface area contributed by atoms with Gasteiger partial charge in [-0.3, -0.25) is 4.90 Å². The molecule has 2 aromatic carbocycles. The first-order valence-electron chi connectivity index (χ1n) is 8.92. The van der Waals surface area contributed by atoms with Crippen LogP contribution < -0.4 is 4.90 Å². The van der Waals surface area contributed by atoms with E-state index in [2.05, 4.69) is 15.0 Å². The van der Waals surface area contributed by atoms with Gasteiger partial charge in [-0.25, -0.2) is 0 Å². The third-order valence-electron chi connectivity index (χ3n) is 4.79.